The monoisotopic (exact) mass is 286 g/mol. The number of nitrogens with zero attached hydrogens (tertiary/aromatic N) is 1. The Bertz CT molecular complexity index is 381. The molecule has 2 N–H and O–H groups in total. The molecular formula is C13H22N2O5. The first-order valence-electron chi connectivity index (χ1n) is 6.68. The number of hydrogen-bond acceptors (Lipinski definition) is 4. The van der Waals surface area contributed by atoms with Gasteiger partial charge in [0.1, 0.15) is 5.60 Å². The van der Waals surface area contributed by atoms with E-state index >= 15 is 0 Å². The van der Waals surface area contributed by atoms with Crippen LogP contribution >= 0.6 is 0 Å². The second kappa shape index (κ2) is 6.58. The van der Waals surface area contributed by atoms with Crippen LogP contribution in [0.1, 0.15) is 33.6 Å². The standard InChI is InChI=1S/C13H22N2O5/c1-13(2,3)20-12(19)15-6-4-9(5-7-15)8-14-10(16)11(17)18/h9H,4-8H2,1-3H3,(H,14,16)(H,17,18). The third-order valence-electron chi connectivity index (χ3n) is 3.01. The molecule has 1 rings (SSSR count). The quantitative estimate of drug-likeness (QED) is 0.733. The second-order valence-electron chi connectivity index (χ2n) is 5.93. The van der Waals surface area contributed by atoms with Gasteiger partial charge in [-0.2, -0.15) is 0 Å². The van der Waals surface area contributed by atoms with E-state index < -0.39 is 17.5 Å². The molecule has 7 heteroatoms. The van der Waals surface area contributed by atoms with E-state index in [0.29, 0.717) is 19.6 Å². The highest BCUT2D eigenvalue weighted by molar-refractivity contribution is 6.31. The van der Waals surface area contributed by atoms with Crippen molar-refractivity contribution in [2.75, 3.05) is 19.6 Å². The third kappa shape index (κ3) is 5.46. The van der Waals surface area contributed by atoms with Crippen molar-refractivity contribution in [2.45, 2.75) is 39.2 Å². The van der Waals surface area contributed by atoms with Crippen LogP contribution in [0.15, 0.2) is 0 Å². The summed E-state index contributed by atoms with van der Waals surface area (Å²) in [5.41, 5.74) is -0.511. The summed E-state index contributed by atoms with van der Waals surface area (Å²) in [7, 11) is 0. The SMILES string of the molecule is CC(C)(C)OC(=O)N1CCC(CNC(=O)C(=O)O)CC1. The summed E-state index contributed by atoms with van der Waals surface area (Å²) in [4.78, 5) is 34.8. The maximum Gasteiger partial charge on any atom is 0.410 e. The minimum Gasteiger partial charge on any atom is -0.474 e. The number of aliphatic carboxylic acids is 1. The van der Waals surface area contributed by atoms with E-state index in [2.05, 4.69) is 5.32 Å². The molecule has 1 aliphatic heterocycles. The van der Waals surface area contributed by atoms with Gasteiger partial charge in [0.05, 0.1) is 0 Å². The Balaban J connectivity index is 2.31. The number of piperidine rings is 1. The lowest BCUT2D eigenvalue weighted by Gasteiger charge is -2.33. The number of rotatable bonds is 2. The molecule has 0 saturated carbocycles. The van der Waals surface area contributed by atoms with Crippen LogP contribution in [0.5, 0.6) is 0 Å². The molecule has 20 heavy (non-hydrogen) atoms. The molecule has 0 aromatic rings. The van der Waals surface area contributed by atoms with Crippen LogP contribution in [0.2, 0.25) is 0 Å². The molecule has 1 aliphatic rings. The molecule has 0 aliphatic carbocycles. The molecule has 114 valence electrons. The fourth-order valence-electron chi connectivity index (χ4n) is 1.96. The van der Waals surface area contributed by atoms with Crippen molar-refractivity contribution < 1.29 is 24.2 Å². The summed E-state index contributed by atoms with van der Waals surface area (Å²) in [5, 5.41) is 10.8. The van der Waals surface area contributed by atoms with Crippen LogP contribution in [0.25, 0.3) is 0 Å². The number of hydrogen-bond donors (Lipinski definition) is 2. The maximum atomic E-state index is 11.8. The minimum atomic E-state index is -1.48. The Morgan fingerprint density at radius 3 is 2.25 bits per heavy atom. The van der Waals surface area contributed by atoms with Crippen LogP contribution in [0, 0.1) is 5.92 Å². The number of ether oxygens (including phenoxy) is 1. The average Bonchev–Trinajstić information content (AvgIpc) is 2.34. The lowest BCUT2D eigenvalue weighted by Crippen LogP contribution is -2.44. The van der Waals surface area contributed by atoms with Crippen molar-refractivity contribution in [3.05, 3.63) is 0 Å². The van der Waals surface area contributed by atoms with E-state index in [-0.39, 0.29) is 12.0 Å². The van der Waals surface area contributed by atoms with Gasteiger partial charge in [0, 0.05) is 19.6 Å². The molecule has 0 atom stereocenters. The lowest BCUT2D eigenvalue weighted by atomic mass is 9.97. The molecular weight excluding hydrogens is 264 g/mol. The largest absolute Gasteiger partial charge is 0.474 e. The number of nitrogens with one attached hydrogen (secondary N) is 1. The van der Waals surface area contributed by atoms with Gasteiger partial charge in [0.15, 0.2) is 0 Å². The molecule has 0 aromatic carbocycles. The second-order valence-corrected chi connectivity index (χ2v) is 5.93. The van der Waals surface area contributed by atoms with Crippen LogP contribution in [0.4, 0.5) is 4.79 Å². The Hall–Kier alpha value is -1.79. The van der Waals surface area contributed by atoms with Gasteiger partial charge in [0.2, 0.25) is 0 Å². The number of carbonyl (C=O) groups excluding carboxylic acids is 2. The van der Waals surface area contributed by atoms with Gasteiger partial charge >= 0.3 is 18.0 Å². The summed E-state index contributed by atoms with van der Waals surface area (Å²) in [6.45, 7) is 6.90. The molecule has 0 unspecified atom stereocenters. The Labute approximate surface area is 118 Å². The predicted octanol–water partition coefficient (Wildman–Crippen LogP) is 0.834. The fraction of sp³-hybridized carbons (Fsp3) is 0.769. The molecule has 2 amide bonds. The normalized spacial score (nSPS) is 16.6. The van der Waals surface area contributed by atoms with E-state index in [9.17, 15) is 14.4 Å². The third-order valence-corrected chi connectivity index (χ3v) is 3.01. The highest BCUT2D eigenvalue weighted by Crippen LogP contribution is 2.19. The van der Waals surface area contributed by atoms with Crippen LogP contribution < -0.4 is 5.32 Å². The Morgan fingerprint density at radius 1 is 1.25 bits per heavy atom. The summed E-state index contributed by atoms with van der Waals surface area (Å²) >= 11 is 0. The summed E-state index contributed by atoms with van der Waals surface area (Å²) in [5.74, 6) is -2.27. The van der Waals surface area contributed by atoms with Gasteiger partial charge in [0.25, 0.3) is 0 Å². The van der Waals surface area contributed by atoms with Crippen molar-refractivity contribution >= 4 is 18.0 Å². The van der Waals surface area contributed by atoms with Crippen molar-refractivity contribution in [1.82, 2.24) is 10.2 Å². The lowest BCUT2D eigenvalue weighted by molar-refractivity contribution is -0.150. The van der Waals surface area contributed by atoms with Gasteiger partial charge in [-0.1, -0.05) is 0 Å². The maximum absolute atomic E-state index is 11.8. The number of carboxylic acids is 1. The molecule has 1 heterocycles. The highest BCUT2D eigenvalue weighted by Gasteiger charge is 2.27. The predicted molar refractivity (Wildman–Crippen MR) is 71.2 cm³/mol. The van der Waals surface area contributed by atoms with Crippen molar-refractivity contribution in [2.24, 2.45) is 5.92 Å². The molecule has 0 radical (unpaired) electrons. The zero-order valence-electron chi connectivity index (χ0n) is 12.1. The molecule has 1 saturated heterocycles. The molecule has 0 bridgehead atoms. The van der Waals surface area contributed by atoms with E-state index in [0.717, 1.165) is 12.8 Å². The zero-order valence-corrected chi connectivity index (χ0v) is 12.1. The summed E-state index contributed by atoms with van der Waals surface area (Å²) in [6.07, 6.45) is 1.11. The number of carbonyl (C=O) groups is 3. The highest BCUT2D eigenvalue weighted by atomic mass is 16.6. The van der Waals surface area contributed by atoms with Gasteiger partial charge < -0.3 is 20.1 Å². The minimum absolute atomic E-state index is 0.192. The van der Waals surface area contributed by atoms with Crippen molar-refractivity contribution in [3.63, 3.8) is 0 Å². The van der Waals surface area contributed by atoms with Gasteiger partial charge in [-0.25, -0.2) is 9.59 Å². The van der Waals surface area contributed by atoms with Crippen LogP contribution in [-0.4, -0.2) is 53.2 Å². The van der Waals surface area contributed by atoms with E-state index in [1.807, 2.05) is 20.8 Å². The molecule has 0 aromatic heterocycles. The number of carboxylic acid groups (broad SMARTS) is 1. The number of amides is 2. The molecule has 0 spiro atoms. The first-order valence-corrected chi connectivity index (χ1v) is 6.68. The Morgan fingerprint density at radius 2 is 1.80 bits per heavy atom. The molecule has 7 nitrogen and oxygen atoms in total. The summed E-state index contributed by atoms with van der Waals surface area (Å²) in [6, 6.07) is 0. The number of likely N-dealkylation sites (tertiary alicyclic amines) is 1. The first kappa shape index (κ1) is 16.3. The fourth-order valence-corrected chi connectivity index (χ4v) is 1.96. The van der Waals surface area contributed by atoms with Gasteiger partial charge in [-0.3, -0.25) is 4.79 Å². The van der Waals surface area contributed by atoms with Crippen LogP contribution in [-0.2, 0) is 14.3 Å². The first-order chi connectivity index (χ1) is 9.19. The Kier molecular flexibility index (Phi) is 5.35. The van der Waals surface area contributed by atoms with Crippen molar-refractivity contribution in [1.29, 1.82) is 0 Å². The smallest absolute Gasteiger partial charge is 0.410 e. The van der Waals surface area contributed by atoms with Crippen molar-refractivity contribution in [3.8, 4) is 0 Å². The van der Waals surface area contributed by atoms with Crippen LogP contribution in [0.3, 0.4) is 0 Å². The molecule has 1 fully saturated rings. The summed E-state index contributed by atoms with van der Waals surface area (Å²) < 4.78 is 5.28. The average molecular weight is 286 g/mol. The zero-order chi connectivity index (χ0) is 15.3. The van der Waals surface area contributed by atoms with Gasteiger partial charge in [-0.15, -0.1) is 0 Å². The van der Waals surface area contributed by atoms with E-state index in [1.54, 1.807) is 4.90 Å². The van der Waals surface area contributed by atoms with Gasteiger partial charge in [-0.05, 0) is 39.5 Å². The van der Waals surface area contributed by atoms with E-state index in [1.165, 1.54) is 0 Å². The van der Waals surface area contributed by atoms with E-state index in [4.69, 9.17) is 9.84 Å². The topological polar surface area (TPSA) is 95.9 Å².